The van der Waals surface area contributed by atoms with Gasteiger partial charge in [0.05, 0.1) is 12.2 Å². The van der Waals surface area contributed by atoms with E-state index in [-0.39, 0.29) is 30.2 Å². The molecule has 0 aliphatic carbocycles. The van der Waals surface area contributed by atoms with E-state index in [4.69, 9.17) is 14.2 Å². The van der Waals surface area contributed by atoms with Crippen molar-refractivity contribution in [3.8, 4) is 0 Å². The maximum Gasteiger partial charge on any atom is 0.195 e. The molecule has 2 aliphatic heterocycles. The van der Waals surface area contributed by atoms with Gasteiger partial charge in [-0.1, -0.05) is 0 Å². The minimum atomic E-state index is -0.384. The smallest absolute Gasteiger partial charge is 0.195 e. The minimum absolute atomic E-state index is 0.0283. The summed E-state index contributed by atoms with van der Waals surface area (Å²) >= 11 is 0. The number of hydrogen-bond acceptors (Lipinski definition) is 4. The Morgan fingerprint density at radius 2 is 2.17 bits per heavy atom. The SMILES string of the molecule is CO[C@H]1C[C@@H]2O[C@H]1C(=O)[C@H]2OC. The highest BCUT2D eigenvalue weighted by molar-refractivity contribution is 5.91. The van der Waals surface area contributed by atoms with Gasteiger partial charge in [-0.25, -0.2) is 0 Å². The standard InChI is InChI=1S/C8H12O4/c1-10-4-3-5-7(11-2)6(9)8(4)12-5/h4-5,7-8H,3H2,1-2H3/t4-,5-,7-,8+/m0/s1. The molecule has 2 heterocycles. The van der Waals surface area contributed by atoms with E-state index in [1.807, 2.05) is 0 Å². The van der Waals surface area contributed by atoms with Gasteiger partial charge >= 0.3 is 0 Å². The summed E-state index contributed by atoms with van der Waals surface area (Å²) in [6, 6.07) is 0. The van der Waals surface area contributed by atoms with Crippen molar-refractivity contribution < 1.29 is 19.0 Å². The lowest BCUT2D eigenvalue weighted by Crippen LogP contribution is -2.41. The molecule has 0 amide bonds. The summed E-state index contributed by atoms with van der Waals surface area (Å²) in [5.74, 6) is 0.0283. The van der Waals surface area contributed by atoms with Crippen molar-refractivity contribution in [1.82, 2.24) is 0 Å². The van der Waals surface area contributed by atoms with E-state index in [0.717, 1.165) is 6.42 Å². The van der Waals surface area contributed by atoms with Crippen LogP contribution in [0.4, 0.5) is 0 Å². The van der Waals surface area contributed by atoms with Gasteiger partial charge in [-0.2, -0.15) is 0 Å². The third-order valence-corrected chi connectivity index (χ3v) is 2.58. The summed E-state index contributed by atoms with van der Waals surface area (Å²) in [5.41, 5.74) is 0. The number of hydrogen-bond donors (Lipinski definition) is 0. The second-order valence-corrected chi connectivity index (χ2v) is 3.16. The van der Waals surface area contributed by atoms with Crippen molar-refractivity contribution in [1.29, 1.82) is 0 Å². The summed E-state index contributed by atoms with van der Waals surface area (Å²) in [5, 5.41) is 0. The van der Waals surface area contributed by atoms with E-state index in [1.165, 1.54) is 7.11 Å². The second-order valence-electron chi connectivity index (χ2n) is 3.16. The molecule has 0 spiro atoms. The number of ketones is 1. The molecule has 4 nitrogen and oxygen atoms in total. The van der Waals surface area contributed by atoms with Crippen LogP contribution >= 0.6 is 0 Å². The van der Waals surface area contributed by atoms with Crippen molar-refractivity contribution in [2.24, 2.45) is 0 Å². The highest BCUT2D eigenvalue weighted by Gasteiger charge is 2.54. The van der Waals surface area contributed by atoms with Gasteiger partial charge in [0, 0.05) is 20.6 Å². The van der Waals surface area contributed by atoms with Gasteiger partial charge in [0.15, 0.2) is 5.78 Å². The average Bonchev–Trinajstić information content (AvgIpc) is 2.60. The predicted molar refractivity (Wildman–Crippen MR) is 39.9 cm³/mol. The molecule has 0 N–H and O–H groups in total. The van der Waals surface area contributed by atoms with Crippen LogP contribution in [0.5, 0.6) is 0 Å². The third kappa shape index (κ3) is 0.920. The van der Waals surface area contributed by atoms with Crippen LogP contribution in [0.3, 0.4) is 0 Å². The van der Waals surface area contributed by atoms with Crippen molar-refractivity contribution in [3.05, 3.63) is 0 Å². The Labute approximate surface area is 70.8 Å². The van der Waals surface area contributed by atoms with Crippen LogP contribution in [0.1, 0.15) is 6.42 Å². The zero-order chi connectivity index (χ0) is 8.72. The third-order valence-electron chi connectivity index (χ3n) is 2.58. The van der Waals surface area contributed by atoms with Crippen molar-refractivity contribution >= 4 is 5.78 Å². The molecule has 0 radical (unpaired) electrons. The number of methoxy groups -OCH3 is 2. The molecule has 12 heavy (non-hydrogen) atoms. The van der Waals surface area contributed by atoms with E-state index in [9.17, 15) is 4.79 Å². The van der Waals surface area contributed by atoms with Crippen LogP contribution < -0.4 is 0 Å². The number of ether oxygens (including phenoxy) is 3. The fourth-order valence-electron chi connectivity index (χ4n) is 1.96. The molecule has 0 unspecified atom stereocenters. The molecule has 2 saturated heterocycles. The molecule has 2 aliphatic rings. The topological polar surface area (TPSA) is 44.8 Å². The largest absolute Gasteiger partial charge is 0.378 e. The van der Waals surface area contributed by atoms with Crippen LogP contribution in [-0.4, -0.2) is 44.4 Å². The van der Waals surface area contributed by atoms with E-state index in [0.29, 0.717) is 0 Å². The van der Waals surface area contributed by atoms with E-state index in [1.54, 1.807) is 7.11 Å². The second kappa shape index (κ2) is 2.80. The quantitative estimate of drug-likeness (QED) is 0.576. The first kappa shape index (κ1) is 8.16. The van der Waals surface area contributed by atoms with Gasteiger partial charge in [0.2, 0.25) is 0 Å². The van der Waals surface area contributed by atoms with E-state index < -0.39 is 0 Å². The lowest BCUT2D eigenvalue weighted by molar-refractivity contribution is -0.133. The van der Waals surface area contributed by atoms with Gasteiger partial charge in [0.1, 0.15) is 12.2 Å². The van der Waals surface area contributed by atoms with Crippen LogP contribution in [-0.2, 0) is 19.0 Å². The molecule has 4 heteroatoms. The first-order valence-corrected chi connectivity index (χ1v) is 4.02. The Morgan fingerprint density at radius 1 is 1.42 bits per heavy atom. The molecular formula is C8H12O4. The van der Waals surface area contributed by atoms with Crippen molar-refractivity contribution in [2.45, 2.75) is 30.8 Å². The Balaban J connectivity index is 2.12. The summed E-state index contributed by atoms with van der Waals surface area (Å²) in [6.45, 7) is 0. The zero-order valence-electron chi connectivity index (χ0n) is 7.15. The van der Waals surface area contributed by atoms with Gasteiger partial charge in [-0.15, -0.1) is 0 Å². The van der Waals surface area contributed by atoms with Gasteiger partial charge < -0.3 is 14.2 Å². The van der Waals surface area contributed by atoms with Gasteiger partial charge in [0.25, 0.3) is 0 Å². The van der Waals surface area contributed by atoms with Crippen LogP contribution in [0, 0.1) is 0 Å². The Bertz CT molecular complexity index is 203. The molecule has 2 rings (SSSR count). The molecule has 0 saturated carbocycles. The first-order valence-electron chi connectivity index (χ1n) is 4.02. The zero-order valence-corrected chi connectivity index (χ0v) is 7.15. The van der Waals surface area contributed by atoms with Crippen LogP contribution in [0.15, 0.2) is 0 Å². The van der Waals surface area contributed by atoms with Crippen LogP contribution in [0.25, 0.3) is 0 Å². The van der Waals surface area contributed by atoms with Crippen molar-refractivity contribution in [2.75, 3.05) is 14.2 Å². The van der Waals surface area contributed by atoms with Gasteiger partial charge in [-0.3, -0.25) is 4.79 Å². The molecule has 4 atom stereocenters. The summed E-state index contributed by atoms with van der Waals surface area (Å²) in [6.07, 6.45) is -0.122. The molecule has 68 valence electrons. The predicted octanol–water partition coefficient (Wildman–Crippen LogP) is -0.243. The molecule has 2 bridgehead atoms. The first-order chi connectivity index (χ1) is 5.77. The lowest BCUT2D eigenvalue weighted by Gasteiger charge is -2.20. The molecule has 2 fully saturated rings. The highest BCUT2D eigenvalue weighted by Crippen LogP contribution is 2.34. The maximum absolute atomic E-state index is 11.4. The number of rotatable bonds is 2. The molecular weight excluding hydrogens is 160 g/mol. The normalized spacial score (nSPS) is 45.7. The summed E-state index contributed by atoms with van der Waals surface area (Å²) < 4.78 is 15.5. The molecule has 0 aromatic carbocycles. The Kier molecular flexibility index (Phi) is 1.90. The van der Waals surface area contributed by atoms with Crippen LogP contribution in [0.2, 0.25) is 0 Å². The van der Waals surface area contributed by atoms with E-state index >= 15 is 0 Å². The fraction of sp³-hybridized carbons (Fsp3) is 0.875. The fourth-order valence-corrected chi connectivity index (χ4v) is 1.96. The van der Waals surface area contributed by atoms with Gasteiger partial charge in [-0.05, 0) is 0 Å². The monoisotopic (exact) mass is 172 g/mol. The summed E-state index contributed by atoms with van der Waals surface area (Å²) in [4.78, 5) is 11.4. The number of fused-ring (bicyclic) bond motifs is 2. The highest BCUT2D eigenvalue weighted by atomic mass is 16.6. The van der Waals surface area contributed by atoms with E-state index in [2.05, 4.69) is 0 Å². The maximum atomic E-state index is 11.4. The summed E-state index contributed by atoms with van der Waals surface area (Å²) in [7, 11) is 3.14. The Hall–Kier alpha value is -0.450. The number of carbonyl (C=O) groups is 1. The Morgan fingerprint density at radius 3 is 2.67 bits per heavy atom. The number of carbonyl (C=O) groups excluding carboxylic acids is 1. The number of Topliss-reactive ketones (excluding diaryl/α,β-unsaturated/α-hetero) is 1. The minimum Gasteiger partial charge on any atom is -0.378 e. The van der Waals surface area contributed by atoms with Crippen molar-refractivity contribution in [3.63, 3.8) is 0 Å². The average molecular weight is 172 g/mol. The molecule has 0 aromatic rings. The lowest BCUT2D eigenvalue weighted by atomic mass is 9.94. The molecule has 0 aromatic heterocycles.